The van der Waals surface area contributed by atoms with Crippen LogP contribution in [0.1, 0.15) is 23.7 Å². The Kier molecular flexibility index (Phi) is 5.19. The normalized spacial score (nSPS) is 11.4. The average Bonchev–Trinajstić information content (AvgIpc) is 2.28. The highest BCUT2D eigenvalue weighted by Crippen LogP contribution is 2.20. The van der Waals surface area contributed by atoms with Crippen LogP contribution in [0.2, 0.25) is 0 Å². The highest BCUT2D eigenvalue weighted by molar-refractivity contribution is 9.10. The minimum Gasteiger partial charge on any atom is -0.339 e. The van der Waals surface area contributed by atoms with E-state index in [2.05, 4.69) is 15.9 Å². The van der Waals surface area contributed by atoms with Crippen molar-refractivity contribution in [2.75, 3.05) is 13.1 Å². The number of alkyl halides is 3. The lowest BCUT2D eigenvalue weighted by Gasteiger charge is -2.21. The molecule has 0 aliphatic heterocycles. The maximum Gasteiger partial charge on any atom is 0.390 e. The minimum atomic E-state index is -4.25. The van der Waals surface area contributed by atoms with Crippen LogP contribution in [0.15, 0.2) is 28.7 Å². The molecule has 0 atom stereocenters. The Bertz CT molecular complexity index is 420. The van der Waals surface area contributed by atoms with Crippen molar-refractivity contribution in [3.05, 3.63) is 34.3 Å². The zero-order valence-corrected chi connectivity index (χ0v) is 11.4. The van der Waals surface area contributed by atoms with Crippen molar-refractivity contribution in [2.24, 2.45) is 0 Å². The van der Waals surface area contributed by atoms with E-state index in [-0.39, 0.29) is 19.0 Å². The maximum absolute atomic E-state index is 12.1. The molecule has 0 N–H and O–H groups in total. The van der Waals surface area contributed by atoms with E-state index < -0.39 is 12.6 Å². The van der Waals surface area contributed by atoms with Gasteiger partial charge in [0.1, 0.15) is 0 Å². The molecular weight excluding hydrogens is 311 g/mol. The predicted octanol–water partition coefficient (Wildman–Crippen LogP) is 3.86. The van der Waals surface area contributed by atoms with E-state index in [9.17, 15) is 18.0 Å². The Morgan fingerprint density at radius 3 is 2.56 bits per heavy atom. The summed E-state index contributed by atoms with van der Waals surface area (Å²) in [5.41, 5.74) is 0.383. The van der Waals surface area contributed by atoms with Gasteiger partial charge in [0.25, 0.3) is 5.91 Å². The molecule has 100 valence electrons. The molecule has 0 aliphatic carbocycles. The summed E-state index contributed by atoms with van der Waals surface area (Å²) in [4.78, 5) is 13.2. The van der Waals surface area contributed by atoms with Gasteiger partial charge in [-0.15, -0.1) is 0 Å². The van der Waals surface area contributed by atoms with Crippen molar-refractivity contribution in [3.63, 3.8) is 0 Å². The van der Waals surface area contributed by atoms with Gasteiger partial charge in [0.2, 0.25) is 0 Å². The molecule has 0 unspecified atom stereocenters. The Morgan fingerprint density at radius 1 is 1.39 bits per heavy atom. The fraction of sp³-hybridized carbons (Fsp3) is 0.417. The van der Waals surface area contributed by atoms with E-state index in [1.807, 2.05) is 0 Å². The van der Waals surface area contributed by atoms with Crippen LogP contribution >= 0.6 is 15.9 Å². The van der Waals surface area contributed by atoms with Gasteiger partial charge in [-0.05, 0) is 25.1 Å². The molecule has 2 nitrogen and oxygen atoms in total. The summed E-state index contributed by atoms with van der Waals surface area (Å²) in [6.07, 6.45) is -5.23. The van der Waals surface area contributed by atoms with Gasteiger partial charge in [-0.1, -0.05) is 22.0 Å². The summed E-state index contributed by atoms with van der Waals surface area (Å²) in [7, 11) is 0. The van der Waals surface area contributed by atoms with E-state index in [1.54, 1.807) is 31.2 Å². The van der Waals surface area contributed by atoms with Crippen molar-refractivity contribution in [2.45, 2.75) is 19.5 Å². The molecule has 0 bridgehead atoms. The lowest BCUT2D eigenvalue weighted by Crippen LogP contribution is -2.34. The second kappa shape index (κ2) is 6.22. The lowest BCUT2D eigenvalue weighted by atomic mass is 10.2. The van der Waals surface area contributed by atoms with E-state index in [4.69, 9.17) is 0 Å². The van der Waals surface area contributed by atoms with Crippen LogP contribution < -0.4 is 0 Å². The zero-order valence-electron chi connectivity index (χ0n) is 9.80. The van der Waals surface area contributed by atoms with Crippen molar-refractivity contribution in [1.29, 1.82) is 0 Å². The van der Waals surface area contributed by atoms with Gasteiger partial charge < -0.3 is 4.90 Å². The molecule has 18 heavy (non-hydrogen) atoms. The summed E-state index contributed by atoms with van der Waals surface area (Å²) in [6, 6.07) is 6.61. The fourth-order valence-corrected chi connectivity index (χ4v) is 1.87. The monoisotopic (exact) mass is 323 g/mol. The third kappa shape index (κ3) is 4.68. The van der Waals surface area contributed by atoms with Crippen molar-refractivity contribution in [1.82, 2.24) is 4.90 Å². The molecule has 0 aliphatic rings. The quantitative estimate of drug-likeness (QED) is 0.823. The van der Waals surface area contributed by atoms with E-state index in [0.717, 1.165) is 4.47 Å². The summed E-state index contributed by atoms with van der Waals surface area (Å²) in [5.74, 6) is -0.386. The van der Waals surface area contributed by atoms with Crippen LogP contribution in [0.3, 0.4) is 0 Å². The number of nitrogens with zero attached hydrogens (tertiary/aromatic N) is 1. The molecule has 0 heterocycles. The molecule has 0 radical (unpaired) electrons. The van der Waals surface area contributed by atoms with Crippen LogP contribution in [0.4, 0.5) is 13.2 Å². The summed E-state index contributed by atoms with van der Waals surface area (Å²) in [5, 5.41) is 0. The third-order valence-corrected chi connectivity index (χ3v) is 2.90. The summed E-state index contributed by atoms with van der Waals surface area (Å²) < 4.78 is 37.1. The van der Waals surface area contributed by atoms with Crippen LogP contribution in [0.25, 0.3) is 0 Å². The van der Waals surface area contributed by atoms with Gasteiger partial charge >= 0.3 is 6.18 Å². The molecular formula is C12H13BrF3NO. The van der Waals surface area contributed by atoms with E-state index in [0.29, 0.717) is 5.56 Å². The molecule has 0 spiro atoms. The number of rotatable bonds is 4. The first-order valence-corrected chi connectivity index (χ1v) is 6.24. The Balaban J connectivity index is 2.74. The molecule has 1 aromatic rings. The smallest absolute Gasteiger partial charge is 0.339 e. The number of hydrogen-bond donors (Lipinski definition) is 0. The van der Waals surface area contributed by atoms with Gasteiger partial charge in [0, 0.05) is 23.1 Å². The van der Waals surface area contributed by atoms with Gasteiger partial charge in [-0.2, -0.15) is 13.2 Å². The van der Waals surface area contributed by atoms with Gasteiger partial charge in [0.05, 0.1) is 6.42 Å². The third-order valence-electron chi connectivity index (χ3n) is 2.41. The van der Waals surface area contributed by atoms with Crippen molar-refractivity contribution < 1.29 is 18.0 Å². The number of halogens is 4. The molecule has 1 aromatic carbocycles. The Hall–Kier alpha value is -1.04. The van der Waals surface area contributed by atoms with Crippen LogP contribution in [0.5, 0.6) is 0 Å². The van der Waals surface area contributed by atoms with Crippen LogP contribution in [-0.4, -0.2) is 30.1 Å². The second-order valence-electron chi connectivity index (χ2n) is 3.76. The Morgan fingerprint density at radius 2 is 2.06 bits per heavy atom. The second-order valence-corrected chi connectivity index (χ2v) is 4.68. The molecule has 0 aromatic heterocycles. The van der Waals surface area contributed by atoms with Crippen molar-refractivity contribution >= 4 is 21.8 Å². The molecule has 1 rings (SSSR count). The number of carbonyl (C=O) groups is 1. The lowest BCUT2D eigenvalue weighted by molar-refractivity contribution is -0.136. The molecule has 1 amide bonds. The van der Waals surface area contributed by atoms with Gasteiger partial charge in [-0.25, -0.2) is 0 Å². The standard InChI is InChI=1S/C12H13BrF3NO/c1-2-17(7-6-12(14,15)16)11(18)9-4-3-5-10(13)8-9/h3-5,8H,2,6-7H2,1H3. The number of carbonyl (C=O) groups excluding carboxylic acids is 1. The van der Waals surface area contributed by atoms with E-state index >= 15 is 0 Å². The number of benzene rings is 1. The molecule has 0 fully saturated rings. The maximum atomic E-state index is 12.1. The van der Waals surface area contributed by atoms with Crippen LogP contribution in [0, 0.1) is 0 Å². The zero-order chi connectivity index (χ0) is 13.8. The fourth-order valence-electron chi connectivity index (χ4n) is 1.47. The molecule has 0 saturated carbocycles. The van der Waals surface area contributed by atoms with E-state index in [1.165, 1.54) is 4.90 Å². The Labute approximate surface area is 112 Å². The number of hydrogen-bond acceptors (Lipinski definition) is 1. The highest BCUT2D eigenvalue weighted by atomic mass is 79.9. The largest absolute Gasteiger partial charge is 0.390 e. The van der Waals surface area contributed by atoms with Gasteiger partial charge in [-0.3, -0.25) is 4.79 Å². The molecule has 0 saturated heterocycles. The summed E-state index contributed by atoms with van der Waals surface area (Å²) in [6.45, 7) is 1.60. The minimum absolute atomic E-state index is 0.251. The average molecular weight is 324 g/mol. The first-order chi connectivity index (χ1) is 8.33. The van der Waals surface area contributed by atoms with Crippen LogP contribution in [-0.2, 0) is 0 Å². The first-order valence-electron chi connectivity index (χ1n) is 5.45. The first kappa shape index (κ1) is 15.0. The highest BCUT2D eigenvalue weighted by Gasteiger charge is 2.28. The summed E-state index contributed by atoms with van der Waals surface area (Å²) >= 11 is 3.22. The topological polar surface area (TPSA) is 20.3 Å². The van der Waals surface area contributed by atoms with Gasteiger partial charge in [0.15, 0.2) is 0 Å². The van der Waals surface area contributed by atoms with Crippen molar-refractivity contribution in [3.8, 4) is 0 Å². The molecule has 6 heteroatoms. The SMILES string of the molecule is CCN(CCC(F)(F)F)C(=O)c1cccc(Br)c1. The predicted molar refractivity (Wildman–Crippen MR) is 66.4 cm³/mol. The number of amides is 1.